The highest BCUT2D eigenvalue weighted by Gasteiger charge is 2.29. The van der Waals surface area contributed by atoms with Crippen LogP contribution in [0.4, 0.5) is 5.69 Å². The summed E-state index contributed by atoms with van der Waals surface area (Å²) < 4.78 is 0. The van der Waals surface area contributed by atoms with Crippen LogP contribution in [0, 0.1) is 5.92 Å². The van der Waals surface area contributed by atoms with E-state index in [0.29, 0.717) is 5.69 Å². The highest BCUT2D eigenvalue weighted by atomic mass is 16.2. The zero-order valence-corrected chi connectivity index (χ0v) is 15.9. The molecule has 1 amide bonds. The van der Waals surface area contributed by atoms with Crippen LogP contribution in [0.25, 0.3) is 44.6 Å². The summed E-state index contributed by atoms with van der Waals surface area (Å²) in [5.74, 6) is 0.198. The average Bonchev–Trinajstić information content (AvgIpc) is 3.40. The van der Waals surface area contributed by atoms with Crippen LogP contribution in [0.2, 0.25) is 0 Å². The van der Waals surface area contributed by atoms with E-state index < -0.39 is 0 Å². The molecule has 3 N–H and O–H groups in total. The number of nitrogens with one attached hydrogen (secondary N) is 3. The predicted molar refractivity (Wildman–Crippen MR) is 114 cm³/mol. The zero-order chi connectivity index (χ0) is 20.1. The lowest BCUT2D eigenvalue weighted by molar-refractivity contribution is -0.117. The Morgan fingerprint density at radius 2 is 2.03 bits per heavy atom. The minimum absolute atomic E-state index is 0.0573. The van der Waals surface area contributed by atoms with Gasteiger partial charge >= 0.3 is 0 Å². The zero-order valence-electron chi connectivity index (χ0n) is 15.9. The first-order chi connectivity index (χ1) is 14.7. The van der Waals surface area contributed by atoms with Gasteiger partial charge in [0.2, 0.25) is 5.91 Å². The molecule has 1 saturated carbocycles. The van der Waals surface area contributed by atoms with Gasteiger partial charge in [0, 0.05) is 34.6 Å². The Morgan fingerprint density at radius 3 is 2.90 bits per heavy atom. The first-order valence-electron chi connectivity index (χ1n) is 9.79. The summed E-state index contributed by atoms with van der Waals surface area (Å²) in [7, 11) is 0. The van der Waals surface area contributed by atoms with Crippen molar-refractivity contribution in [3.63, 3.8) is 0 Å². The van der Waals surface area contributed by atoms with Gasteiger partial charge in [0.05, 0.1) is 35.0 Å². The van der Waals surface area contributed by atoms with E-state index >= 15 is 0 Å². The van der Waals surface area contributed by atoms with Gasteiger partial charge in [-0.15, -0.1) is 0 Å². The molecule has 30 heavy (non-hydrogen) atoms. The first kappa shape index (κ1) is 16.8. The lowest BCUT2D eigenvalue weighted by atomic mass is 10.1. The predicted octanol–water partition coefficient (Wildman–Crippen LogP) is 3.91. The molecule has 0 radical (unpaired) electrons. The molecule has 1 fully saturated rings. The summed E-state index contributed by atoms with van der Waals surface area (Å²) in [6.07, 6.45) is 8.84. The fourth-order valence-electron chi connectivity index (χ4n) is 3.60. The Bertz CT molecular complexity index is 1380. The van der Waals surface area contributed by atoms with Crippen LogP contribution < -0.4 is 5.32 Å². The standard InChI is InChI=1S/C22H17N7O/c30-22(12-3-4-12)26-15-6-14(9-23-10-15)17-8-16-19(11-25-17)28-29-20(16)18-7-13-2-1-5-24-21(13)27-18/h1-2,5-12H,3-4H2,(H,24,27)(H,26,30)(H,28,29). The van der Waals surface area contributed by atoms with E-state index in [0.717, 1.165) is 57.4 Å². The van der Waals surface area contributed by atoms with E-state index in [9.17, 15) is 4.79 Å². The molecule has 0 aromatic carbocycles. The summed E-state index contributed by atoms with van der Waals surface area (Å²) in [5, 5.41) is 12.4. The largest absolute Gasteiger partial charge is 0.338 e. The molecule has 8 heteroatoms. The number of H-pyrrole nitrogens is 2. The van der Waals surface area contributed by atoms with Crippen molar-refractivity contribution < 1.29 is 4.79 Å². The molecule has 0 aliphatic heterocycles. The molecular weight excluding hydrogens is 378 g/mol. The molecule has 8 nitrogen and oxygen atoms in total. The monoisotopic (exact) mass is 395 g/mol. The number of pyridine rings is 3. The summed E-state index contributed by atoms with van der Waals surface area (Å²) >= 11 is 0. The number of fused-ring (bicyclic) bond motifs is 2. The van der Waals surface area contributed by atoms with Gasteiger partial charge in [-0.25, -0.2) is 4.98 Å². The third kappa shape index (κ3) is 2.89. The van der Waals surface area contributed by atoms with Crippen molar-refractivity contribution in [3.05, 3.63) is 55.1 Å². The van der Waals surface area contributed by atoms with Crippen molar-refractivity contribution in [2.24, 2.45) is 5.92 Å². The van der Waals surface area contributed by atoms with Crippen LogP contribution in [-0.4, -0.2) is 36.0 Å². The number of hydrogen-bond donors (Lipinski definition) is 3. The molecule has 5 aromatic heterocycles. The molecule has 1 aliphatic carbocycles. The minimum atomic E-state index is 0.0573. The van der Waals surface area contributed by atoms with E-state index in [1.807, 2.05) is 30.3 Å². The second-order valence-electron chi connectivity index (χ2n) is 7.54. The number of hydrogen-bond acceptors (Lipinski definition) is 5. The molecular formula is C22H17N7O. The molecule has 1 aliphatic rings. The Kier molecular flexibility index (Phi) is 3.64. The van der Waals surface area contributed by atoms with Crippen molar-refractivity contribution in [1.82, 2.24) is 30.1 Å². The van der Waals surface area contributed by atoms with Crippen molar-refractivity contribution in [2.75, 3.05) is 5.32 Å². The van der Waals surface area contributed by atoms with Gasteiger partial charge in [-0.1, -0.05) is 0 Å². The topological polar surface area (TPSA) is 112 Å². The second kappa shape index (κ2) is 6.48. The fraction of sp³-hybridized carbons (Fsp3) is 0.136. The Hall–Kier alpha value is -4.07. The average molecular weight is 395 g/mol. The Balaban J connectivity index is 1.40. The maximum Gasteiger partial charge on any atom is 0.227 e. The van der Waals surface area contributed by atoms with Crippen LogP contribution >= 0.6 is 0 Å². The molecule has 5 heterocycles. The summed E-state index contributed by atoms with van der Waals surface area (Å²) in [5.41, 5.74) is 5.62. The number of aromatic nitrogens is 6. The fourth-order valence-corrected chi connectivity index (χ4v) is 3.60. The normalized spacial score (nSPS) is 13.7. The summed E-state index contributed by atoms with van der Waals surface area (Å²) in [6.45, 7) is 0. The van der Waals surface area contributed by atoms with E-state index in [4.69, 9.17) is 0 Å². The highest BCUT2D eigenvalue weighted by Crippen LogP contribution is 2.32. The van der Waals surface area contributed by atoms with Crippen LogP contribution in [0.15, 0.2) is 55.1 Å². The second-order valence-corrected chi connectivity index (χ2v) is 7.54. The van der Waals surface area contributed by atoms with E-state index in [2.05, 4.69) is 35.5 Å². The van der Waals surface area contributed by atoms with Gasteiger partial charge in [-0.3, -0.25) is 19.9 Å². The molecule has 6 rings (SSSR count). The van der Waals surface area contributed by atoms with Crippen LogP contribution in [0.5, 0.6) is 0 Å². The van der Waals surface area contributed by atoms with Gasteiger partial charge in [0.25, 0.3) is 0 Å². The molecule has 0 spiro atoms. The molecule has 0 saturated heterocycles. The first-order valence-corrected chi connectivity index (χ1v) is 9.79. The van der Waals surface area contributed by atoms with Crippen molar-refractivity contribution in [3.8, 4) is 22.6 Å². The van der Waals surface area contributed by atoms with Gasteiger partial charge in [0.15, 0.2) is 0 Å². The number of aromatic amines is 2. The lowest BCUT2D eigenvalue weighted by Crippen LogP contribution is -2.13. The number of nitrogens with zero attached hydrogens (tertiary/aromatic N) is 4. The molecule has 5 aromatic rings. The van der Waals surface area contributed by atoms with E-state index in [1.165, 1.54) is 0 Å². The summed E-state index contributed by atoms with van der Waals surface area (Å²) in [4.78, 5) is 28.6. The number of amides is 1. The maximum absolute atomic E-state index is 12.1. The molecule has 0 unspecified atom stereocenters. The number of rotatable bonds is 4. The van der Waals surface area contributed by atoms with E-state index in [1.54, 1.807) is 24.8 Å². The summed E-state index contributed by atoms with van der Waals surface area (Å²) in [6, 6.07) is 9.84. The minimum Gasteiger partial charge on any atom is -0.338 e. The SMILES string of the molecule is O=C(Nc1cncc(-c2cc3c(-c4cc5cccnc5[nH]4)n[nH]c3cn2)c1)C1CC1. The van der Waals surface area contributed by atoms with Crippen LogP contribution in [0.1, 0.15) is 12.8 Å². The van der Waals surface area contributed by atoms with Crippen LogP contribution in [-0.2, 0) is 4.79 Å². The van der Waals surface area contributed by atoms with Gasteiger partial charge < -0.3 is 10.3 Å². The smallest absolute Gasteiger partial charge is 0.227 e. The Labute approximate surface area is 170 Å². The van der Waals surface area contributed by atoms with E-state index in [-0.39, 0.29) is 11.8 Å². The third-order valence-electron chi connectivity index (χ3n) is 5.34. The molecule has 0 bridgehead atoms. The third-order valence-corrected chi connectivity index (χ3v) is 5.34. The Morgan fingerprint density at radius 1 is 1.10 bits per heavy atom. The van der Waals surface area contributed by atoms with Gasteiger partial charge in [-0.05, 0) is 43.2 Å². The van der Waals surface area contributed by atoms with Crippen molar-refractivity contribution in [2.45, 2.75) is 12.8 Å². The molecule has 146 valence electrons. The van der Waals surface area contributed by atoms with Gasteiger partial charge in [0.1, 0.15) is 11.3 Å². The number of carbonyl (C=O) groups is 1. The quantitative estimate of drug-likeness (QED) is 0.427. The highest BCUT2D eigenvalue weighted by molar-refractivity contribution is 5.97. The number of anilines is 1. The molecule has 0 atom stereocenters. The van der Waals surface area contributed by atoms with Crippen LogP contribution in [0.3, 0.4) is 0 Å². The van der Waals surface area contributed by atoms with Gasteiger partial charge in [-0.2, -0.15) is 5.10 Å². The lowest BCUT2D eigenvalue weighted by Gasteiger charge is -2.06. The van der Waals surface area contributed by atoms with Crippen molar-refractivity contribution in [1.29, 1.82) is 0 Å². The maximum atomic E-state index is 12.1. The van der Waals surface area contributed by atoms with Crippen molar-refractivity contribution >= 4 is 33.5 Å². The number of carbonyl (C=O) groups excluding carboxylic acids is 1.